The first-order valence-corrected chi connectivity index (χ1v) is 5.48. The van der Waals surface area contributed by atoms with Crippen LogP contribution < -0.4 is 16.4 Å². The van der Waals surface area contributed by atoms with Crippen LogP contribution in [0.4, 0.5) is 0 Å². The molecule has 0 fully saturated rings. The average molecular weight is 212 g/mol. The number of nitrogens with one attached hydrogen (secondary N) is 2. The highest BCUT2D eigenvalue weighted by Crippen LogP contribution is 1.94. The Bertz CT molecular complexity index is 240. The molecule has 5 nitrogen and oxygen atoms in total. The van der Waals surface area contributed by atoms with Crippen LogP contribution in [0.5, 0.6) is 0 Å². The molecule has 1 heterocycles. The summed E-state index contributed by atoms with van der Waals surface area (Å²) in [7, 11) is 0. The number of guanidine groups is 1. The number of nitrogens with zero attached hydrogens (tertiary/aromatic N) is 1. The van der Waals surface area contributed by atoms with E-state index in [1.54, 1.807) is 0 Å². The van der Waals surface area contributed by atoms with Crippen molar-refractivity contribution in [3.05, 3.63) is 0 Å². The summed E-state index contributed by atoms with van der Waals surface area (Å²) in [6.07, 6.45) is 2.72. The number of hydrogen-bond donors (Lipinski definition) is 3. The molecule has 1 aliphatic rings. The maximum absolute atomic E-state index is 10.9. The molecule has 0 radical (unpaired) electrons. The van der Waals surface area contributed by atoms with Crippen LogP contribution >= 0.6 is 0 Å². The lowest BCUT2D eigenvalue weighted by atomic mass is 10.1. The van der Waals surface area contributed by atoms with Crippen LogP contribution in [0.2, 0.25) is 0 Å². The zero-order chi connectivity index (χ0) is 11.1. The Morgan fingerprint density at radius 2 is 2.53 bits per heavy atom. The van der Waals surface area contributed by atoms with E-state index in [1.807, 2.05) is 0 Å². The van der Waals surface area contributed by atoms with Gasteiger partial charge in [0.2, 0.25) is 0 Å². The molecule has 0 spiro atoms. The second-order valence-electron chi connectivity index (χ2n) is 3.80. The molecule has 4 N–H and O–H groups in total. The monoisotopic (exact) mass is 212 g/mol. The zero-order valence-electron chi connectivity index (χ0n) is 9.25. The van der Waals surface area contributed by atoms with E-state index in [9.17, 15) is 4.79 Å². The van der Waals surface area contributed by atoms with E-state index in [0.29, 0.717) is 0 Å². The van der Waals surface area contributed by atoms with Gasteiger partial charge in [0, 0.05) is 19.6 Å². The zero-order valence-corrected chi connectivity index (χ0v) is 9.25. The third-order valence-electron chi connectivity index (χ3n) is 2.40. The molecule has 5 heteroatoms. The van der Waals surface area contributed by atoms with Gasteiger partial charge in [0.1, 0.15) is 5.78 Å². The molecular weight excluding hydrogens is 192 g/mol. The van der Waals surface area contributed by atoms with Crippen molar-refractivity contribution < 1.29 is 4.79 Å². The lowest BCUT2D eigenvalue weighted by Gasteiger charge is -2.16. The van der Waals surface area contributed by atoms with Gasteiger partial charge in [-0.15, -0.1) is 0 Å². The maximum Gasteiger partial charge on any atom is 0.191 e. The molecule has 1 rings (SSSR count). The second-order valence-corrected chi connectivity index (χ2v) is 3.80. The molecule has 0 amide bonds. The van der Waals surface area contributed by atoms with Crippen LogP contribution in [-0.4, -0.2) is 37.4 Å². The highest BCUT2D eigenvalue weighted by atomic mass is 16.1. The number of carbonyl (C=O) groups is 1. The molecular formula is C10H20N4O. The minimum absolute atomic E-state index is 0.0585. The van der Waals surface area contributed by atoms with Gasteiger partial charge in [0.05, 0.1) is 6.04 Å². The van der Waals surface area contributed by atoms with Gasteiger partial charge in [0.25, 0.3) is 0 Å². The molecule has 0 aromatic heterocycles. The van der Waals surface area contributed by atoms with E-state index in [2.05, 4.69) is 15.6 Å². The topological polar surface area (TPSA) is 79.5 Å². The summed E-state index contributed by atoms with van der Waals surface area (Å²) in [6, 6.07) is -0.312. The highest BCUT2D eigenvalue weighted by Gasteiger charge is 2.07. The van der Waals surface area contributed by atoms with E-state index in [-0.39, 0.29) is 11.8 Å². The fourth-order valence-electron chi connectivity index (χ4n) is 1.38. The molecule has 0 aromatic carbocycles. The lowest BCUT2D eigenvalue weighted by Crippen LogP contribution is -2.41. The summed E-state index contributed by atoms with van der Waals surface area (Å²) in [5.41, 5.74) is 5.61. The van der Waals surface area contributed by atoms with E-state index >= 15 is 0 Å². The van der Waals surface area contributed by atoms with Gasteiger partial charge in [0.15, 0.2) is 5.96 Å². The van der Waals surface area contributed by atoms with E-state index in [1.165, 1.54) is 6.92 Å². The van der Waals surface area contributed by atoms with Crippen molar-refractivity contribution in [3.8, 4) is 0 Å². The van der Waals surface area contributed by atoms with Crippen LogP contribution in [0.15, 0.2) is 4.99 Å². The maximum atomic E-state index is 10.9. The number of aliphatic imine (C=N–C) groups is 1. The van der Waals surface area contributed by atoms with Crippen LogP contribution in [-0.2, 0) is 4.79 Å². The van der Waals surface area contributed by atoms with Crippen molar-refractivity contribution in [2.75, 3.05) is 19.6 Å². The Morgan fingerprint density at radius 3 is 3.13 bits per heavy atom. The van der Waals surface area contributed by atoms with Crippen LogP contribution in [0.3, 0.4) is 0 Å². The SMILES string of the molecule is CC(=O)[C@H](N)CCCNC1=NCCCN1. The third-order valence-corrected chi connectivity index (χ3v) is 2.40. The predicted molar refractivity (Wildman–Crippen MR) is 60.8 cm³/mol. The van der Waals surface area contributed by atoms with E-state index in [4.69, 9.17) is 5.73 Å². The first kappa shape index (κ1) is 12.0. The van der Waals surface area contributed by atoms with Crippen molar-refractivity contribution in [1.82, 2.24) is 10.6 Å². The Hall–Kier alpha value is -1.10. The van der Waals surface area contributed by atoms with Crippen molar-refractivity contribution in [3.63, 3.8) is 0 Å². The Morgan fingerprint density at radius 1 is 1.73 bits per heavy atom. The van der Waals surface area contributed by atoms with Gasteiger partial charge in [-0.25, -0.2) is 0 Å². The number of nitrogens with two attached hydrogens (primary N) is 1. The van der Waals surface area contributed by atoms with Crippen LogP contribution in [0, 0.1) is 0 Å². The molecule has 1 atom stereocenters. The van der Waals surface area contributed by atoms with Crippen molar-refractivity contribution >= 4 is 11.7 Å². The first-order chi connectivity index (χ1) is 7.20. The normalized spacial score (nSPS) is 17.6. The second kappa shape index (κ2) is 6.40. The quantitative estimate of drug-likeness (QED) is 0.543. The van der Waals surface area contributed by atoms with Gasteiger partial charge in [-0.1, -0.05) is 0 Å². The molecule has 86 valence electrons. The predicted octanol–water partition coefficient (Wildman–Crippen LogP) is -0.378. The largest absolute Gasteiger partial charge is 0.356 e. The first-order valence-electron chi connectivity index (χ1n) is 5.48. The summed E-state index contributed by atoms with van der Waals surface area (Å²) in [6.45, 7) is 4.22. The number of carbonyl (C=O) groups excluding carboxylic acids is 1. The molecule has 0 bridgehead atoms. The summed E-state index contributed by atoms with van der Waals surface area (Å²) in [5, 5.41) is 6.36. The molecule has 0 aromatic rings. The minimum atomic E-state index is -0.312. The van der Waals surface area contributed by atoms with Gasteiger partial charge in [-0.3, -0.25) is 9.79 Å². The lowest BCUT2D eigenvalue weighted by molar-refractivity contribution is -0.118. The average Bonchev–Trinajstić information content (AvgIpc) is 2.25. The molecule has 0 aliphatic carbocycles. The Labute approximate surface area is 90.5 Å². The summed E-state index contributed by atoms with van der Waals surface area (Å²) in [4.78, 5) is 15.1. The number of hydrogen-bond acceptors (Lipinski definition) is 5. The van der Waals surface area contributed by atoms with Crippen LogP contribution in [0.1, 0.15) is 26.2 Å². The standard InChI is InChI=1S/C10H20N4O/c1-8(15)9(11)4-2-5-12-10-13-6-3-7-14-10/h9H,2-7,11H2,1H3,(H2,12,13,14)/t9-/m1/s1. The van der Waals surface area contributed by atoms with Crippen molar-refractivity contribution in [1.29, 1.82) is 0 Å². The van der Waals surface area contributed by atoms with Crippen molar-refractivity contribution in [2.45, 2.75) is 32.2 Å². The highest BCUT2D eigenvalue weighted by molar-refractivity contribution is 5.81. The molecule has 0 unspecified atom stereocenters. The summed E-state index contributed by atoms with van der Waals surface area (Å²) in [5.74, 6) is 0.931. The van der Waals surface area contributed by atoms with E-state index < -0.39 is 0 Å². The van der Waals surface area contributed by atoms with Gasteiger partial charge >= 0.3 is 0 Å². The summed E-state index contributed by atoms with van der Waals surface area (Å²) >= 11 is 0. The van der Waals surface area contributed by atoms with Gasteiger partial charge in [-0.05, 0) is 26.2 Å². The molecule has 0 saturated carbocycles. The fourth-order valence-corrected chi connectivity index (χ4v) is 1.38. The van der Waals surface area contributed by atoms with Crippen LogP contribution in [0.25, 0.3) is 0 Å². The number of Topliss-reactive ketones (excluding diaryl/α,β-unsaturated/α-hetero) is 1. The number of ketones is 1. The molecule has 1 aliphatic heterocycles. The van der Waals surface area contributed by atoms with E-state index in [0.717, 1.165) is 44.9 Å². The number of rotatable bonds is 5. The van der Waals surface area contributed by atoms with Gasteiger partial charge < -0.3 is 16.4 Å². The molecule has 0 saturated heterocycles. The van der Waals surface area contributed by atoms with Gasteiger partial charge in [-0.2, -0.15) is 0 Å². The fraction of sp³-hybridized carbons (Fsp3) is 0.800. The Kier molecular flexibility index (Phi) is 5.10. The van der Waals surface area contributed by atoms with Crippen molar-refractivity contribution in [2.24, 2.45) is 10.7 Å². The minimum Gasteiger partial charge on any atom is -0.356 e. The smallest absolute Gasteiger partial charge is 0.191 e. The molecule has 15 heavy (non-hydrogen) atoms. The Balaban J connectivity index is 2.06. The third kappa shape index (κ3) is 4.78. The summed E-state index contributed by atoms with van der Waals surface area (Å²) < 4.78 is 0.